The zero-order valence-electron chi connectivity index (χ0n) is 7.64. The van der Waals surface area contributed by atoms with E-state index in [0.29, 0.717) is 5.75 Å². The van der Waals surface area contributed by atoms with Crippen molar-refractivity contribution in [2.75, 3.05) is 0 Å². The van der Waals surface area contributed by atoms with Crippen LogP contribution in [0.3, 0.4) is 0 Å². The van der Waals surface area contributed by atoms with E-state index in [4.69, 9.17) is 9.84 Å². The molecule has 1 aromatic rings. The summed E-state index contributed by atoms with van der Waals surface area (Å²) < 4.78 is 4.82. The number of ether oxygens (including phenoxy) is 1. The van der Waals surface area contributed by atoms with Crippen LogP contribution in [-0.2, 0) is 9.59 Å². The maximum atomic E-state index is 10.9. The zero-order valence-corrected chi connectivity index (χ0v) is 7.64. The molecule has 1 N–H and O–H groups in total. The summed E-state index contributed by atoms with van der Waals surface area (Å²) in [6.07, 6.45) is -1.71. The van der Waals surface area contributed by atoms with Gasteiger partial charge >= 0.3 is 0 Å². The van der Waals surface area contributed by atoms with Gasteiger partial charge in [-0.25, -0.2) is 0 Å². The fraction of sp³-hybridized carbons (Fsp3) is 0.200. The van der Waals surface area contributed by atoms with Crippen LogP contribution in [0.15, 0.2) is 30.3 Å². The van der Waals surface area contributed by atoms with E-state index in [1.165, 1.54) is 0 Å². The minimum absolute atomic E-state index is 0.342. The molecule has 4 heteroatoms. The Morgan fingerprint density at radius 1 is 1.29 bits per heavy atom. The van der Waals surface area contributed by atoms with E-state index in [0.717, 1.165) is 6.92 Å². The average molecular weight is 194 g/mol. The van der Waals surface area contributed by atoms with Crippen molar-refractivity contribution in [3.05, 3.63) is 30.3 Å². The first kappa shape index (κ1) is 10.4. The lowest BCUT2D eigenvalue weighted by atomic mass is 10.3. The molecule has 4 nitrogen and oxygen atoms in total. The van der Waals surface area contributed by atoms with Crippen LogP contribution >= 0.6 is 0 Å². The summed E-state index contributed by atoms with van der Waals surface area (Å²) >= 11 is 0. The first-order valence-electron chi connectivity index (χ1n) is 4.06. The molecule has 0 bridgehead atoms. The van der Waals surface area contributed by atoms with E-state index in [1.54, 1.807) is 30.3 Å². The SMILES string of the molecule is CC(=O)C(=O)C(O)Oc1ccccc1. The minimum Gasteiger partial charge on any atom is -0.457 e. The summed E-state index contributed by atoms with van der Waals surface area (Å²) in [5, 5.41) is 9.15. The van der Waals surface area contributed by atoms with Crippen molar-refractivity contribution < 1.29 is 19.4 Å². The van der Waals surface area contributed by atoms with E-state index in [2.05, 4.69) is 0 Å². The van der Waals surface area contributed by atoms with Gasteiger partial charge in [0.15, 0.2) is 0 Å². The summed E-state index contributed by atoms with van der Waals surface area (Å²) in [6.45, 7) is 1.08. The Bertz CT molecular complexity index is 331. The van der Waals surface area contributed by atoms with Crippen molar-refractivity contribution in [1.29, 1.82) is 0 Å². The van der Waals surface area contributed by atoms with E-state index in [9.17, 15) is 9.59 Å². The summed E-state index contributed by atoms with van der Waals surface area (Å²) in [5.74, 6) is -1.34. The molecule has 0 aromatic heterocycles. The summed E-state index contributed by atoms with van der Waals surface area (Å²) in [7, 11) is 0. The highest BCUT2D eigenvalue weighted by atomic mass is 16.6. The smallest absolute Gasteiger partial charge is 0.265 e. The normalized spacial score (nSPS) is 11.9. The molecule has 0 saturated heterocycles. The Morgan fingerprint density at radius 3 is 2.36 bits per heavy atom. The number of hydrogen-bond donors (Lipinski definition) is 1. The molecular weight excluding hydrogens is 184 g/mol. The van der Waals surface area contributed by atoms with Crippen molar-refractivity contribution in [3.63, 3.8) is 0 Å². The van der Waals surface area contributed by atoms with Crippen molar-refractivity contribution in [2.24, 2.45) is 0 Å². The topological polar surface area (TPSA) is 63.6 Å². The second-order valence-corrected chi connectivity index (χ2v) is 2.70. The standard InChI is InChI=1S/C10H10O4/c1-7(11)9(12)10(13)14-8-5-3-2-4-6-8/h2-6,10,13H,1H3. The Labute approximate surface area is 81.1 Å². The fourth-order valence-electron chi connectivity index (χ4n) is 0.855. The van der Waals surface area contributed by atoms with Crippen molar-refractivity contribution >= 4 is 11.6 Å². The molecule has 0 aliphatic carbocycles. The van der Waals surface area contributed by atoms with Crippen LogP contribution in [0.25, 0.3) is 0 Å². The van der Waals surface area contributed by atoms with Crippen LogP contribution in [-0.4, -0.2) is 23.0 Å². The van der Waals surface area contributed by atoms with Crippen LogP contribution in [0.2, 0.25) is 0 Å². The van der Waals surface area contributed by atoms with Crippen molar-refractivity contribution in [3.8, 4) is 5.75 Å². The van der Waals surface area contributed by atoms with Crippen LogP contribution in [0, 0.1) is 0 Å². The monoisotopic (exact) mass is 194 g/mol. The molecule has 0 fully saturated rings. The zero-order chi connectivity index (χ0) is 10.6. The number of benzene rings is 1. The van der Waals surface area contributed by atoms with E-state index in [-0.39, 0.29) is 0 Å². The Hall–Kier alpha value is -1.68. The number of ketones is 2. The second-order valence-electron chi connectivity index (χ2n) is 2.70. The molecule has 0 aliphatic rings. The van der Waals surface area contributed by atoms with Gasteiger partial charge in [0.25, 0.3) is 12.1 Å². The Kier molecular flexibility index (Phi) is 3.36. The molecule has 74 valence electrons. The number of para-hydroxylation sites is 1. The van der Waals surface area contributed by atoms with Gasteiger partial charge in [-0.3, -0.25) is 9.59 Å². The van der Waals surface area contributed by atoms with Crippen LogP contribution < -0.4 is 4.74 Å². The molecule has 0 heterocycles. The van der Waals surface area contributed by atoms with Gasteiger partial charge < -0.3 is 9.84 Å². The summed E-state index contributed by atoms with van der Waals surface area (Å²) in [4.78, 5) is 21.5. The molecule has 0 amide bonds. The number of carbonyl (C=O) groups excluding carboxylic acids is 2. The van der Waals surface area contributed by atoms with E-state index < -0.39 is 17.9 Å². The number of hydrogen-bond acceptors (Lipinski definition) is 4. The van der Waals surface area contributed by atoms with Crippen molar-refractivity contribution in [2.45, 2.75) is 13.2 Å². The van der Waals surface area contributed by atoms with E-state index >= 15 is 0 Å². The van der Waals surface area contributed by atoms with Crippen LogP contribution in [0.5, 0.6) is 5.75 Å². The first-order valence-corrected chi connectivity index (χ1v) is 4.06. The van der Waals surface area contributed by atoms with Gasteiger partial charge in [0.2, 0.25) is 5.78 Å². The number of carbonyl (C=O) groups is 2. The van der Waals surface area contributed by atoms with Gasteiger partial charge in [-0.15, -0.1) is 0 Å². The fourth-order valence-corrected chi connectivity index (χ4v) is 0.855. The van der Waals surface area contributed by atoms with Gasteiger partial charge in [-0.2, -0.15) is 0 Å². The van der Waals surface area contributed by atoms with Gasteiger partial charge in [-0.05, 0) is 12.1 Å². The number of rotatable bonds is 4. The molecule has 1 aromatic carbocycles. The van der Waals surface area contributed by atoms with Gasteiger partial charge in [0.1, 0.15) is 5.75 Å². The first-order chi connectivity index (χ1) is 6.61. The average Bonchev–Trinajstić information content (AvgIpc) is 2.18. The summed E-state index contributed by atoms with van der Waals surface area (Å²) in [5.41, 5.74) is 0. The number of aliphatic hydroxyl groups excluding tert-OH is 1. The summed E-state index contributed by atoms with van der Waals surface area (Å²) in [6, 6.07) is 8.32. The lowest BCUT2D eigenvalue weighted by Crippen LogP contribution is -2.31. The second kappa shape index (κ2) is 4.53. The van der Waals surface area contributed by atoms with Crippen LogP contribution in [0.1, 0.15) is 6.92 Å². The quantitative estimate of drug-likeness (QED) is 0.561. The molecular formula is C10H10O4. The van der Waals surface area contributed by atoms with Crippen LogP contribution in [0.4, 0.5) is 0 Å². The van der Waals surface area contributed by atoms with Crippen molar-refractivity contribution in [1.82, 2.24) is 0 Å². The van der Waals surface area contributed by atoms with Gasteiger partial charge in [0.05, 0.1) is 0 Å². The lowest BCUT2D eigenvalue weighted by Gasteiger charge is -2.09. The maximum Gasteiger partial charge on any atom is 0.265 e. The molecule has 1 unspecified atom stereocenters. The maximum absolute atomic E-state index is 10.9. The minimum atomic E-state index is -1.71. The third-order valence-corrected chi connectivity index (χ3v) is 1.56. The Balaban J connectivity index is 2.62. The van der Waals surface area contributed by atoms with E-state index in [1.807, 2.05) is 0 Å². The molecule has 1 rings (SSSR count). The molecule has 0 saturated carbocycles. The van der Waals surface area contributed by atoms with Gasteiger partial charge in [0, 0.05) is 6.92 Å². The number of Topliss-reactive ketones (excluding diaryl/α,β-unsaturated/α-hetero) is 2. The largest absolute Gasteiger partial charge is 0.457 e. The molecule has 14 heavy (non-hydrogen) atoms. The molecule has 1 atom stereocenters. The Morgan fingerprint density at radius 2 is 1.86 bits per heavy atom. The van der Waals surface area contributed by atoms with Gasteiger partial charge in [-0.1, -0.05) is 18.2 Å². The predicted octanol–water partition coefficient (Wildman–Crippen LogP) is 0.542. The number of aliphatic hydroxyl groups is 1. The highest BCUT2D eigenvalue weighted by Gasteiger charge is 2.20. The molecule has 0 spiro atoms. The molecule has 0 aliphatic heterocycles. The highest BCUT2D eigenvalue weighted by molar-refractivity contribution is 6.37. The highest BCUT2D eigenvalue weighted by Crippen LogP contribution is 2.10. The predicted molar refractivity (Wildman–Crippen MR) is 48.8 cm³/mol. The third kappa shape index (κ3) is 2.67. The lowest BCUT2D eigenvalue weighted by molar-refractivity contribution is -0.150. The third-order valence-electron chi connectivity index (χ3n) is 1.56. The molecule has 0 radical (unpaired) electrons.